The minimum absolute atomic E-state index is 0.244. The highest BCUT2D eigenvalue weighted by Gasteiger charge is 2.05. The van der Waals surface area contributed by atoms with E-state index in [0.717, 1.165) is 25.5 Å². The van der Waals surface area contributed by atoms with Crippen LogP contribution in [0.2, 0.25) is 0 Å². The SMILES string of the molecule is CCCCCC(C=O)CC=C(C)CC(C)C. The molecule has 1 heteroatoms. The molecule has 0 aromatic carbocycles. The maximum Gasteiger partial charge on any atom is 0.123 e. The molecule has 0 saturated carbocycles. The van der Waals surface area contributed by atoms with Crippen LogP contribution in [-0.2, 0) is 4.79 Å². The first-order valence-electron chi connectivity index (χ1n) is 6.71. The molecule has 0 aliphatic rings. The Hall–Kier alpha value is -0.590. The van der Waals surface area contributed by atoms with Gasteiger partial charge in [0.15, 0.2) is 0 Å². The van der Waals surface area contributed by atoms with Gasteiger partial charge < -0.3 is 4.79 Å². The lowest BCUT2D eigenvalue weighted by atomic mass is 9.96. The Balaban J connectivity index is 3.88. The van der Waals surface area contributed by atoms with Crippen molar-refractivity contribution in [2.24, 2.45) is 11.8 Å². The Morgan fingerprint density at radius 1 is 1.25 bits per heavy atom. The highest BCUT2D eigenvalue weighted by molar-refractivity contribution is 5.53. The van der Waals surface area contributed by atoms with Crippen LogP contribution in [0.25, 0.3) is 0 Å². The summed E-state index contributed by atoms with van der Waals surface area (Å²) in [5, 5.41) is 0. The van der Waals surface area contributed by atoms with Crippen molar-refractivity contribution in [3.8, 4) is 0 Å². The minimum atomic E-state index is 0.244. The number of allylic oxidation sites excluding steroid dienone is 2. The van der Waals surface area contributed by atoms with E-state index in [1.807, 2.05) is 0 Å². The fourth-order valence-electron chi connectivity index (χ4n) is 1.98. The van der Waals surface area contributed by atoms with Crippen LogP contribution in [0.4, 0.5) is 0 Å². The number of rotatable bonds is 9. The van der Waals surface area contributed by atoms with Crippen LogP contribution < -0.4 is 0 Å². The van der Waals surface area contributed by atoms with Crippen molar-refractivity contribution in [3.63, 3.8) is 0 Å². The second kappa shape index (κ2) is 9.62. The number of hydrogen-bond donors (Lipinski definition) is 0. The zero-order valence-electron chi connectivity index (χ0n) is 11.5. The summed E-state index contributed by atoms with van der Waals surface area (Å²) in [4.78, 5) is 10.9. The van der Waals surface area contributed by atoms with E-state index in [4.69, 9.17) is 0 Å². The third-order valence-electron chi connectivity index (χ3n) is 2.87. The topological polar surface area (TPSA) is 17.1 Å². The van der Waals surface area contributed by atoms with Crippen LogP contribution in [-0.4, -0.2) is 6.29 Å². The Kier molecular flexibility index (Phi) is 9.27. The van der Waals surface area contributed by atoms with Crippen molar-refractivity contribution in [2.45, 2.75) is 66.2 Å². The molecular weight excluding hydrogens is 196 g/mol. The van der Waals surface area contributed by atoms with Crippen LogP contribution in [0.15, 0.2) is 11.6 Å². The molecule has 0 aromatic rings. The third kappa shape index (κ3) is 8.70. The minimum Gasteiger partial charge on any atom is -0.303 e. The molecule has 1 atom stereocenters. The molecule has 0 bridgehead atoms. The fraction of sp³-hybridized carbons (Fsp3) is 0.800. The summed E-state index contributed by atoms with van der Waals surface area (Å²) >= 11 is 0. The van der Waals surface area contributed by atoms with E-state index in [9.17, 15) is 4.79 Å². The van der Waals surface area contributed by atoms with Gasteiger partial charge in [-0.15, -0.1) is 0 Å². The molecule has 0 spiro atoms. The summed E-state index contributed by atoms with van der Waals surface area (Å²) in [6.45, 7) is 8.84. The first-order chi connectivity index (χ1) is 7.60. The molecule has 0 aliphatic heterocycles. The van der Waals surface area contributed by atoms with Crippen molar-refractivity contribution < 1.29 is 4.79 Å². The average molecular weight is 224 g/mol. The molecule has 16 heavy (non-hydrogen) atoms. The Morgan fingerprint density at radius 3 is 2.44 bits per heavy atom. The molecule has 0 saturated heterocycles. The number of hydrogen-bond acceptors (Lipinski definition) is 1. The molecule has 0 aliphatic carbocycles. The van der Waals surface area contributed by atoms with Gasteiger partial charge in [-0.2, -0.15) is 0 Å². The number of aldehydes is 1. The second-order valence-corrected chi connectivity index (χ2v) is 5.28. The van der Waals surface area contributed by atoms with E-state index in [0.29, 0.717) is 5.92 Å². The van der Waals surface area contributed by atoms with Crippen LogP contribution in [0.1, 0.15) is 66.2 Å². The lowest BCUT2D eigenvalue weighted by Crippen LogP contribution is -2.01. The van der Waals surface area contributed by atoms with Gasteiger partial charge in [-0.25, -0.2) is 0 Å². The van der Waals surface area contributed by atoms with Crippen LogP contribution >= 0.6 is 0 Å². The van der Waals surface area contributed by atoms with Gasteiger partial charge >= 0.3 is 0 Å². The Morgan fingerprint density at radius 2 is 1.94 bits per heavy atom. The highest BCUT2D eigenvalue weighted by atomic mass is 16.1. The normalized spacial score (nSPS) is 14.2. The molecule has 94 valence electrons. The van der Waals surface area contributed by atoms with Gasteiger partial charge in [-0.05, 0) is 32.1 Å². The lowest BCUT2D eigenvalue weighted by Gasteiger charge is -2.09. The van der Waals surface area contributed by atoms with Gasteiger partial charge in [0.05, 0.1) is 0 Å². The molecule has 0 aromatic heterocycles. The van der Waals surface area contributed by atoms with Gasteiger partial charge in [-0.1, -0.05) is 51.7 Å². The summed E-state index contributed by atoms with van der Waals surface area (Å²) < 4.78 is 0. The monoisotopic (exact) mass is 224 g/mol. The molecule has 1 nitrogen and oxygen atoms in total. The predicted molar refractivity (Wildman–Crippen MR) is 71.5 cm³/mol. The largest absolute Gasteiger partial charge is 0.303 e. The van der Waals surface area contributed by atoms with E-state index < -0.39 is 0 Å². The fourth-order valence-corrected chi connectivity index (χ4v) is 1.98. The smallest absolute Gasteiger partial charge is 0.123 e. The molecule has 0 radical (unpaired) electrons. The van der Waals surface area contributed by atoms with E-state index in [1.165, 1.54) is 24.8 Å². The third-order valence-corrected chi connectivity index (χ3v) is 2.87. The zero-order valence-corrected chi connectivity index (χ0v) is 11.5. The van der Waals surface area contributed by atoms with Gasteiger partial charge in [0.1, 0.15) is 6.29 Å². The van der Waals surface area contributed by atoms with Crippen LogP contribution in [0.3, 0.4) is 0 Å². The van der Waals surface area contributed by atoms with E-state index in [1.54, 1.807) is 0 Å². The Labute approximate surface area is 101 Å². The summed E-state index contributed by atoms with van der Waals surface area (Å²) in [6.07, 6.45) is 10.2. The summed E-state index contributed by atoms with van der Waals surface area (Å²) in [7, 11) is 0. The first kappa shape index (κ1) is 15.4. The highest BCUT2D eigenvalue weighted by Crippen LogP contribution is 2.16. The molecule has 0 rings (SSSR count). The predicted octanol–water partition coefficient (Wildman–Crippen LogP) is 4.76. The Bertz CT molecular complexity index is 203. The molecule has 0 amide bonds. The molecule has 0 N–H and O–H groups in total. The van der Waals surface area contributed by atoms with E-state index in [-0.39, 0.29) is 5.92 Å². The first-order valence-corrected chi connectivity index (χ1v) is 6.71. The summed E-state index contributed by atoms with van der Waals surface area (Å²) in [6, 6.07) is 0. The van der Waals surface area contributed by atoms with Crippen molar-refractivity contribution in [1.82, 2.24) is 0 Å². The van der Waals surface area contributed by atoms with Crippen molar-refractivity contribution in [2.75, 3.05) is 0 Å². The van der Waals surface area contributed by atoms with Crippen molar-refractivity contribution in [1.29, 1.82) is 0 Å². The number of carbonyl (C=O) groups excluding carboxylic acids is 1. The zero-order chi connectivity index (χ0) is 12.4. The maximum atomic E-state index is 10.9. The number of unbranched alkanes of at least 4 members (excludes halogenated alkanes) is 2. The van der Waals surface area contributed by atoms with Gasteiger partial charge in [0, 0.05) is 5.92 Å². The lowest BCUT2D eigenvalue weighted by molar-refractivity contribution is -0.111. The van der Waals surface area contributed by atoms with Gasteiger partial charge in [-0.3, -0.25) is 0 Å². The quantitative estimate of drug-likeness (QED) is 0.313. The van der Waals surface area contributed by atoms with Crippen LogP contribution in [0, 0.1) is 11.8 Å². The second-order valence-electron chi connectivity index (χ2n) is 5.28. The van der Waals surface area contributed by atoms with Crippen molar-refractivity contribution >= 4 is 6.29 Å². The van der Waals surface area contributed by atoms with Gasteiger partial charge in [0.2, 0.25) is 0 Å². The van der Waals surface area contributed by atoms with Crippen molar-refractivity contribution in [3.05, 3.63) is 11.6 Å². The number of carbonyl (C=O) groups is 1. The molecule has 0 fully saturated rings. The van der Waals surface area contributed by atoms with Gasteiger partial charge in [0.25, 0.3) is 0 Å². The average Bonchev–Trinajstić information content (AvgIpc) is 2.22. The molecule has 0 heterocycles. The van der Waals surface area contributed by atoms with E-state index in [2.05, 4.69) is 33.8 Å². The molecule has 1 unspecified atom stereocenters. The molecular formula is C15H28O. The van der Waals surface area contributed by atoms with E-state index >= 15 is 0 Å². The summed E-state index contributed by atoms with van der Waals surface area (Å²) in [5.41, 5.74) is 1.43. The standard InChI is InChI=1S/C15H28O/c1-5-6-7-8-15(12-16)10-9-14(4)11-13(2)3/h9,12-13,15H,5-8,10-11H2,1-4H3. The summed E-state index contributed by atoms with van der Waals surface area (Å²) in [5.74, 6) is 0.958. The maximum absolute atomic E-state index is 10.9. The van der Waals surface area contributed by atoms with Crippen LogP contribution in [0.5, 0.6) is 0 Å².